The van der Waals surface area contributed by atoms with Crippen LogP contribution in [0.15, 0.2) is 30.7 Å². The molecular formula is C19H17F2N3O. The van der Waals surface area contributed by atoms with Crippen molar-refractivity contribution in [3.8, 4) is 11.3 Å². The van der Waals surface area contributed by atoms with Crippen LogP contribution >= 0.6 is 0 Å². The molecule has 4 rings (SSSR count). The van der Waals surface area contributed by atoms with Gasteiger partial charge < -0.3 is 4.74 Å². The van der Waals surface area contributed by atoms with Crippen molar-refractivity contribution in [1.82, 2.24) is 14.4 Å². The van der Waals surface area contributed by atoms with Crippen LogP contribution < -0.4 is 0 Å². The van der Waals surface area contributed by atoms with Crippen molar-refractivity contribution in [2.45, 2.75) is 26.7 Å². The zero-order valence-corrected chi connectivity index (χ0v) is 14.2. The SMILES string of the molecule is CCOC1=CC(C)c2c1cnc1c(-c3cc(F)cc(C)c3F)ncn21. The number of hydrogen-bond donors (Lipinski definition) is 0. The van der Waals surface area contributed by atoms with E-state index in [9.17, 15) is 8.78 Å². The van der Waals surface area contributed by atoms with E-state index in [1.165, 1.54) is 13.0 Å². The predicted octanol–water partition coefficient (Wildman–Crippen LogP) is 4.48. The second-order valence-electron chi connectivity index (χ2n) is 6.18. The number of aryl methyl sites for hydroxylation is 1. The normalized spacial score (nSPS) is 16.2. The lowest BCUT2D eigenvalue weighted by Crippen LogP contribution is -2.02. The van der Waals surface area contributed by atoms with Crippen LogP contribution in [0.3, 0.4) is 0 Å². The minimum Gasteiger partial charge on any atom is -0.493 e. The van der Waals surface area contributed by atoms with E-state index in [-0.39, 0.29) is 17.0 Å². The number of fused-ring (bicyclic) bond motifs is 3. The number of ether oxygens (including phenoxy) is 1. The molecule has 0 amide bonds. The van der Waals surface area contributed by atoms with Gasteiger partial charge in [-0.25, -0.2) is 18.7 Å². The van der Waals surface area contributed by atoms with Gasteiger partial charge in [0.15, 0.2) is 5.65 Å². The Kier molecular flexibility index (Phi) is 3.56. The number of allylic oxidation sites excluding steroid dienone is 1. The van der Waals surface area contributed by atoms with Crippen molar-refractivity contribution < 1.29 is 13.5 Å². The van der Waals surface area contributed by atoms with Gasteiger partial charge in [0.2, 0.25) is 0 Å². The first-order chi connectivity index (χ1) is 12.0. The molecule has 6 heteroatoms. The van der Waals surface area contributed by atoms with Gasteiger partial charge in [0.05, 0.1) is 12.2 Å². The van der Waals surface area contributed by atoms with Crippen LogP contribution in [-0.4, -0.2) is 21.0 Å². The molecule has 1 aliphatic carbocycles. The molecule has 0 saturated carbocycles. The number of aromatic nitrogens is 3. The van der Waals surface area contributed by atoms with Crippen LogP contribution in [0.1, 0.15) is 36.6 Å². The maximum Gasteiger partial charge on any atom is 0.164 e. The van der Waals surface area contributed by atoms with Gasteiger partial charge in [-0.05, 0) is 37.6 Å². The largest absolute Gasteiger partial charge is 0.493 e. The van der Waals surface area contributed by atoms with Gasteiger partial charge in [-0.2, -0.15) is 0 Å². The molecule has 0 fully saturated rings. The molecule has 1 aromatic carbocycles. The summed E-state index contributed by atoms with van der Waals surface area (Å²) in [6, 6.07) is 2.33. The highest BCUT2D eigenvalue weighted by Crippen LogP contribution is 2.37. The summed E-state index contributed by atoms with van der Waals surface area (Å²) >= 11 is 0. The maximum atomic E-state index is 14.5. The van der Waals surface area contributed by atoms with E-state index in [1.807, 2.05) is 17.4 Å². The summed E-state index contributed by atoms with van der Waals surface area (Å²) < 4.78 is 35.8. The molecule has 4 nitrogen and oxygen atoms in total. The van der Waals surface area contributed by atoms with Gasteiger partial charge in [0.1, 0.15) is 29.4 Å². The second kappa shape index (κ2) is 5.65. The van der Waals surface area contributed by atoms with E-state index in [0.29, 0.717) is 17.9 Å². The summed E-state index contributed by atoms with van der Waals surface area (Å²) in [5.74, 6) is -0.0685. The number of benzene rings is 1. The maximum absolute atomic E-state index is 14.5. The summed E-state index contributed by atoms with van der Waals surface area (Å²) in [7, 11) is 0. The van der Waals surface area contributed by atoms with Gasteiger partial charge in [0.25, 0.3) is 0 Å². The summed E-state index contributed by atoms with van der Waals surface area (Å²) in [5, 5.41) is 0. The Morgan fingerprint density at radius 3 is 2.76 bits per heavy atom. The predicted molar refractivity (Wildman–Crippen MR) is 91.1 cm³/mol. The highest BCUT2D eigenvalue weighted by Gasteiger charge is 2.26. The molecule has 2 aromatic heterocycles. The van der Waals surface area contributed by atoms with Crippen molar-refractivity contribution in [2.75, 3.05) is 6.61 Å². The fourth-order valence-electron chi connectivity index (χ4n) is 3.38. The number of rotatable bonds is 3. The number of hydrogen-bond acceptors (Lipinski definition) is 3. The van der Waals surface area contributed by atoms with E-state index in [4.69, 9.17) is 4.74 Å². The molecule has 0 spiro atoms. The minimum absolute atomic E-state index is 0.114. The molecule has 0 aliphatic heterocycles. The summed E-state index contributed by atoms with van der Waals surface area (Å²) in [4.78, 5) is 8.77. The van der Waals surface area contributed by atoms with E-state index < -0.39 is 11.6 Å². The Morgan fingerprint density at radius 2 is 2.00 bits per heavy atom. The Morgan fingerprint density at radius 1 is 1.20 bits per heavy atom. The van der Waals surface area contributed by atoms with Crippen LogP contribution in [0.2, 0.25) is 0 Å². The molecule has 1 atom stereocenters. The summed E-state index contributed by atoms with van der Waals surface area (Å²) in [6.45, 7) is 6.08. The topological polar surface area (TPSA) is 39.4 Å². The van der Waals surface area contributed by atoms with Gasteiger partial charge in [-0.1, -0.05) is 6.92 Å². The van der Waals surface area contributed by atoms with Crippen LogP contribution in [0.25, 0.3) is 22.7 Å². The Hall–Kier alpha value is -2.76. The minimum atomic E-state index is -0.495. The zero-order chi connectivity index (χ0) is 17.7. The first-order valence-corrected chi connectivity index (χ1v) is 8.18. The van der Waals surface area contributed by atoms with Crippen molar-refractivity contribution in [1.29, 1.82) is 0 Å². The van der Waals surface area contributed by atoms with Crippen LogP contribution in [0.4, 0.5) is 8.78 Å². The van der Waals surface area contributed by atoms with Crippen LogP contribution in [0.5, 0.6) is 0 Å². The molecule has 2 heterocycles. The molecule has 1 aliphatic rings. The standard InChI is InChI=1S/C19H17F2N3O/c1-4-25-15-6-11(3)18-14(15)8-22-19-17(23-9-24(18)19)13-7-12(20)5-10(2)16(13)21/h5-9,11H,4H2,1-3H3. The van der Waals surface area contributed by atoms with Crippen LogP contribution in [0, 0.1) is 18.6 Å². The molecular weight excluding hydrogens is 324 g/mol. The molecule has 0 saturated heterocycles. The monoisotopic (exact) mass is 341 g/mol. The van der Waals surface area contributed by atoms with Gasteiger partial charge in [-0.15, -0.1) is 0 Å². The molecule has 3 aromatic rings. The lowest BCUT2D eigenvalue weighted by atomic mass is 10.1. The Bertz CT molecular complexity index is 1020. The van der Waals surface area contributed by atoms with E-state index >= 15 is 0 Å². The molecule has 25 heavy (non-hydrogen) atoms. The van der Waals surface area contributed by atoms with Gasteiger partial charge in [0, 0.05) is 23.4 Å². The van der Waals surface area contributed by atoms with E-state index in [0.717, 1.165) is 23.1 Å². The summed E-state index contributed by atoms with van der Waals surface area (Å²) in [5.41, 5.74) is 3.09. The average molecular weight is 341 g/mol. The van der Waals surface area contributed by atoms with E-state index in [2.05, 4.69) is 16.9 Å². The van der Waals surface area contributed by atoms with E-state index in [1.54, 1.807) is 12.5 Å². The fourth-order valence-corrected chi connectivity index (χ4v) is 3.38. The van der Waals surface area contributed by atoms with Crippen LogP contribution in [-0.2, 0) is 4.74 Å². The molecule has 128 valence electrons. The van der Waals surface area contributed by atoms with Crippen molar-refractivity contribution in [3.05, 3.63) is 59.2 Å². The molecule has 1 unspecified atom stereocenters. The van der Waals surface area contributed by atoms with Crippen molar-refractivity contribution in [2.24, 2.45) is 0 Å². The average Bonchev–Trinajstić information content (AvgIpc) is 3.13. The lowest BCUT2D eigenvalue weighted by molar-refractivity contribution is 0.298. The lowest BCUT2D eigenvalue weighted by Gasteiger charge is -2.10. The third-order valence-corrected chi connectivity index (χ3v) is 4.47. The van der Waals surface area contributed by atoms with Gasteiger partial charge in [-0.3, -0.25) is 4.40 Å². The molecule has 0 bridgehead atoms. The highest BCUT2D eigenvalue weighted by molar-refractivity contribution is 5.78. The quantitative estimate of drug-likeness (QED) is 0.705. The van der Waals surface area contributed by atoms with Crippen molar-refractivity contribution in [3.63, 3.8) is 0 Å². The smallest absolute Gasteiger partial charge is 0.164 e. The second-order valence-corrected chi connectivity index (χ2v) is 6.18. The highest BCUT2D eigenvalue weighted by atomic mass is 19.1. The third-order valence-electron chi connectivity index (χ3n) is 4.47. The van der Waals surface area contributed by atoms with Gasteiger partial charge >= 0.3 is 0 Å². The molecule has 0 N–H and O–H groups in total. The first-order valence-electron chi connectivity index (χ1n) is 8.18. The molecule has 0 radical (unpaired) electrons. The van der Waals surface area contributed by atoms with Crippen molar-refractivity contribution >= 4 is 11.4 Å². The third kappa shape index (κ3) is 2.32. The Balaban J connectivity index is 1.93. The number of imidazole rings is 1. The Labute approximate surface area is 143 Å². The summed E-state index contributed by atoms with van der Waals surface area (Å²) in [6.07, 6.45) is 5.35. The zero-order valence-electron chi connectivity index (χ0n) is 14.2. The first kappa shape index (κ1) is 15.7. The fraction of sp³-hybridized carbons (Fsp3) is 0.263. The number of nitrogens with zero attached hydrogens (tertiary/aromatic N) is 3. The number of halogens is 2.